The predicted molar refractivity (Wildman–Crippen MR) is 121 cm³/mol. The molecule has 2 aromatic heterocycles. The quantitative estimate of drug-likeness (QED) is 0.421. The van der Waals surface area contributed by atoms with Crippen LogP contribution in [0, 0.1) is 0 Å². The minimum Gasteiger partial charge on any atom is -0.414 e. The van der Waals surface area contributed by atoms with Crippen LogP contribution in [0.1, 0.15) is 53.9 Å². The van der Waals surface area contributed by atoms with Crippen LogP contribution in [0.25, 0.3) is 10.9 Å². The number of hydrogen-bond donors (Lipinski definition) is 2. The summed E-state index contributed by atoms with van der Waals surface area (Å²) in [6.07, 6.45) is 4.78. The molecule has 0 saturated carbocycles. The third-order valence-corrected chi connectivity index (χ3v) is 10.3. The van der Waals surface area contributed by atoms with Crippen molar-refractivity contribution in [1.29, 1.82) is 0 Å². The molecule has 0 saturated heterocycles. The van der Waals surface area contributed by atoms with Crippen LogP contribution in [0.15, 0.2) is 12.3 Å². The molecule has 2 rings (SSSR count). The maximum atomic E-state index is 6.56. The molecule has 0 aliphatic rings. The summed E-state index contributed by atoms with van der Waals surface area (Å²) in [7, 11) is -1.87. The Morgan fingerprint density at radius 3 is 2.50 bits per heavy atom. The zero-order chi connectivity index (χ0) is 21.2. The van der Waals surface area contributed by atoms with E-state index in [0.717, 1.165) is 24.6 Å². The van der Waals surface area contributed by atoms with Crippen molar-refractivity contribution in [2.75, 3.05) is 17.7 Å². The number of nitrogens with zero attached hydrogens (tertiary/aromatic N) is 3. The molecule has 156 valence electrons. The van der Waals surface area contributed by atoms with Crippen LogP contribution in [0.2, 0.25) is 23.3 Å². The molecule has 0 aliphatic carbocycles. The van der Waals surface area contributed by atoms with Crippen molar-refractivity contribution in [3.63, 3.8) is 0 Å². The van der Waals surface area contributed by atoms with Gasteiger partial charge in [0.05, 0.1) is 23.9 Å². The molecule has 1 atom stereocenters. The third-order valence-electron chi connectivity index (χ3n) is 5.63. The highest BCUT2D eigenvalue weighted by Crippen LogP contribution is 2.38. The van der Waals surface area contributed by atoms with Crippen molar-refractivity contribution < 1.29 is 4.43 Å². The van der Waals surface area contributed by atoms with Crippen molar-refractivity contribution in [2.45, 2.75) is 77.6 Å². The van der Waals surface area contributed by atoms with Gasteiger partial charge < -0.3 is 15.5 Å². The minimum absolute atomic E-state index is 0.157. The summed E-state index contributed by atoms with van der Waals surface area (Å²) in [5, 5.41) is 4.97. The summed E-state index contributed by atoms with van der Waals surface area (Å²) in [6.45, 7) is 16.3. The first-order valence-corrected chi connectivity index (χ1v) is 13.2. The Balaban J connectivity index is 2.36. The first-order chi connectivity index (χ1) is 12.9. The Kier molecular flexibility index (Phi) is 6.94. The second-order valence-electron chi connectivity index (χ2n) is 9.29. The van der Waals surface area contributed by atoms with Gasteiger partial charge in [0.2, 0.25) is 5.95 Å². The highest BCUT2D eigenvalue weighted by molar-refractivity contribution is 6.74. The molecule has 8 heteroatoms. The van der Waals surface area contributed by atoms with E-state index in [1.807, 2.05) is 0 Å². The van der Waals surface area contributed by atoms with Gasteiger partial charge >= 0.3 is 0 Å². The van der Waals surface area contributed by atoms with E-state index in [0.29, 0.717) is 23.1 Å². The predicted octanol–water partition coefficient (Wildman–Crippen LogP) is 5.64. The maximum Gasteiger partial charge on any atom is 0.222 e. The van der Waals surface area contributed by atoms with Crippen molar-refractivity contribution in [2.24, 2.45) is 0 Å². The lowest BCUT2D eigenvalue weighted by Gasteiger charge is -2.40. The normalized spacial score (nSPS) is 14.9. The van der Waals surface area contributed by atoms with E-state index >= 15 is 0 Å². The van der Waals surface area contributed by atoms with Crippen LogP contribution in [0.5, 0.6) is 0 Å². The molecule has 0 aliphatic heterocycles. The molecule has 28 heavy (non-hydrogen) atoms. The van der Waals surface area contributed by atoms with Crippen LogP contribution in [0.4, 0.5) is 11.8 Å². The van der Waals surface area contributed by atoms with Gasteiger partial charge in [0.1, 0.15) is 11.0 Å². The lowest BCUT2D eigenvalue weighted by atomic mass is 9.95. The molecule has 6 nitrogen and oxygen atoms in total. The van der Waals surface area contributed by atoms with E-state index in [1.165, 1.54) is 0 Å². The summed E-state index contributed by atoms with van der Waals surface area (Å²) < 4.78 is 6.56. The zero-order valence-electron chi connectivity index (χ0n) is 18.2. The number of pyridine rings is 1. The number of halogens is 1. The van der Waals surface area contributed by atoms with Crippen LogP contribution in [-0.4, -0.2) is 35.4 Å². The van der Waals surface area contributed by atoms with Gasteiger partial charge in [-0.1, -0.05) is 52.1 Å². The number of nitrogen functional groups attached to an aromatic ring is 1. The first kappa shape index (κ1) is 22.8. The fourth-order valence-corrected chi connectivity index (χ4v) is 3.97. The van der Waals surface area contributed by atoms with Crippen molar-refractivity contribution >= 4 is 42.6 Å². The average molecular weight is 424 g/mol. The largest absolute Gasteiger partial charge is 0.414 e. The van der Waals surface area contributed by atoms with Crippen LogP contribution < -0.4 is 11.1 Å². The molecule has 0 bridgehead atoms. The van der Waals surface area contributed by atoms with Crippen molar-refractivity contribution in [3.8, 4) is 0 Å². The molecule has 0 spiro atoms. The SMILES string of the molecule is CCCC[C@](C)(CO[Si](C)(C)C(C)(C)C)Nc1nc(N)nc2cnc(Cl)cc12. The molecule has 0 radical (unpaired) electrons. The second-order valence-corrected chi connectivity index (χ2v) is 14.5. The Labute approximate surface area is 174 Å². The number of hydrogen-bond acceptors (Lipinski definition) is 6. The van der Waals surface area contributed by atoms with Gasteiger partial charge in [0.25, 0.3) is 0 Å². The average Bonchev–Trinajstić information content (AvgIpc) is 2.58. The number of aromatic nitrogens is 3. The number of nitrogens with one attached hydrogen (secondary N) is 1. The molecular weight excluding hydrogens is 390 g/mol. The van der Waals surface area contributed by atoms with Gasteiger partial charge in [0, 0.05) is 5.39 Å². The second kappa shape index (κ2) is 8.51. The van der Waals surface area contributed by atoms with Gasteiger partial charge in [-0.3, -0.25) is 0 Å². The van der Waals surface area contributed by atoms with Crippen LogP contribution >= 0.6 is 11.6 Å². The molecule has 0 amide bonds. The van der Waals surface area contributed by atoms with Gasteiger partial charge in [0.15, 0.2) is 8.32 Å². The molecule has 2 heterocycles. The van der Waals surface area contributed by atoms with Gasteiger partial charge in [-0.2, -0.15) is 4.98 Å². The molecule has 0 unspecified atom stereocenters. The topological polar surface area (TPSA) is 86.0 Å². The van der Waals surface area contributed by atoms with Gasteiger partial charge in [-0.25, -0.2) is 9.97 Å². The molecule has 0 fully saturated rings. The van der Waals surface area contributed by atoms with Gasteiger partial charge in [-0.05, 0) is 37.5 Å². The van der Waals surface area contributed by atoms with Crippen LogP contribution in [-0.2, 0) is 4.43 Å². The van der Waals surface area contributed by atoms with Crippen molar-refractivity contribution in [3.05, 3.63) is 17.4 Å². The summed E-state index contributed by atoms with van der Waals surface area (Å²) >= 11 is 6.11. The van der Waals surface area contributed by atoms with Gasteiger partial charge in [-0.15, -0.1) is 0 Å². The molecule has 0 aromatic carbocycles. The lowest BCUT2D eigenvalue weighted by molar-refractivity contribution is 0.214. The highest BCUT2D eigenvalue weighted by Gasteiger charge is 2.39. The Hall–Kier alpha value is -1.44. The monoisotopic (exact) mass is 423 g/mol. The standard InChI is InChI=1S/C20H34ClN5OSi/c1-8-9-10-20(5,13-27-28(6,7)19(2,3)4)26-17-14-11-16(21)23-12-15(14)24-18(22)25-17/h11-12H,8-10,13H2,1-7H3,(H3,22,24,25,26)/t20-/m1/s1. The van der Waals surface area contributed by atoms with E-state index in [9.17, 15) is 0 Å². The Bertz CT molecular complexity index is 824. The fourth-order valence-electron chi connectivity index (χ4n) is 2.70. The fraction of sp³-hybridized carbons (Fsp3) is 0.650. The Morgan fingerprint density at radius 1 is 1.21 bits per heavy atom. The van der Waals surface area contributed by atoms with E-state index in [1.54, 1.807) is 12.3 Å². The van der Waals surface area contributed by atoms with E-state index < -0.39 is 8.32 Å². The molecule has 3 N–H and O–H groups in total. The van der Waals surface area contributed by atoms with E-state index in [2.05, 4.69) is 68.0 Å². The molecule has 2 aromatic rings. The summed E-state index contributed by atoms with van der Waals surface area (Å²) in [6, 6.07) is 1.77. The minimum atomic E-state index is -1.87. The number of nitrogens with two attached hydrogens (primary N) is 1. The lowest BCUT2D eigenvalue weighted by Crippen LogP contribution is -2.48. The van der Waals surface area contributed by atoms with Crippen LogP contribution in [0.3, 0.4) is 0 Å². The number of unbranched alkanes of at least 4 members (excludes halogenated alkanes) is 1. The summed E-state index contributed by atoms with van der Waals surface area (Å²) in [5.74, 6) is 0.881. The number of anilines is 2. The zero-order valence-corrected chi connectivity index (χ0v) is 19.9. The number of fused-ring (bicyclic) bond motifs is 1. The first-order valence-electron chi connectivity index (χ1n) is 9.88. The number of rotatable bonds is 8. The highest BCUT2D eigenvalue weighted by atomic mass is 35.5. The van der Waals surface area contributed by atoms with E-state index in [-0.39, 0.29) is 16.5 Å². The summed E-state index contributed by atoms with van der Waals surface area (Å²) in [5.41, 5.74) is 6.32. The van der Waals surface area contributed by atoms with Crippen molar-refractivity contribution in [1.82, 2.24) is 15.0 Å². The maximum absolute atomic E-state index is 6.56. The Morgan fingerprint density at radius 2 is 1.89 bits per heavy atom. The third kappa shape index (κ3) is 5.55. The smallest absolute Gasteiger partial charge is 0.222 e. The van der Waals surface area contributed by atoms with E-state index in [4.69, 9.17) is 21.8 Å². The summed E-state index contributed by atoms with van der Waals surface area (Å²) in [4.78, 5) is 12.8. The molecular formula is C20H34ClN5OSi.